The fraction of sp³-hybridized carbons (Fsp3) is 0.125. The smallest absolute Gasteiger partial charge is 0.308 e. The lowest BCUT2D eigenvalue weighted by atomic mass is 10.3. The van der Waals surface area contributed by atoms with Crippen molar-refractivity contribution in [1.82, 2.24) is 4.57 Å². The van der Waals surface area contributed by atoms with Crippen LogP contribution >= 0.6 is 22.9 Å². The maximum absolute atomic E-state index is 13.1. The van der Waals surface area contributed by atoms with Gasteiger partial charge >= 0.3 is 4.87 Å². The van der Waals surface area contributed by atoms with Crippen LogP contribution in [0.3, 0.4) is 0 Å². The molecule has 1 amide bonds. The molecule has 3 aromatic rings. The average Bonchev–Trinajstić information content (AvgIpc) is 2.84. The maximum atomic E-state index is 13.1. The standard InChI is InChI=1S/C16H12ClFN2O2S/c17-11-9-10(5-6-12(11)18)19-15(21)7-8-20-13-3-1-2-4-14(13)23-16(20)22/h1-6,9H,7-8H2,(H,19,21). The van der Waals surface area contributed by atoms with E-state index >= 15 is 0 Å². The van der Waals surface area contributed by atoms with Gasteiger partial charge in [-0.2, -0.15) is 0 Å². The predicted molar refractivity (Wildman–Crippen MR) is 90.7 cm³/mol. The lowest BCUT2D eigenvalue weighted by Gasteiger charge is -2.07. The van der Waals surface area contributed by atoms with Gasteiger partial charge in [-0.15, -0.1) is 0 Å². The van der Waals surface area contributed by atoms with Crippen molar-refractivity contribution >= 4 is 44.7 Å². The highest BCUT2D eigenvalue weighted by Gasteiger charge is 2.10. The van der Waals surface area contributed by atoms with Gasteiger partial charge in [0.15, 0.2) is 0 Å². The summed E-state index contributed by atoms with van der Waals surface area (Å²) in [6.07, 6.45) is 0.135. The van der Waals surface area contributed by atoms with E-state index in [4.69, 9.17) is 11.6 Å². The Hall–Kier alpha value is -2.18. The van der Waals surface area contributed by atoms with Crippen LogP contribution in [-0.2, 0) is 11.3 Å². The third kappa shape index (κ3) is 3.43. The van der Waals surface area contributed by atoms with Gasteiger partial charge in [-0.1, -0.05) is 35.1 Å². The second-order valence-electron chi connectivity index (χ2n) is 4.91. The van der Waals surface area contributed by atoms with E-state index in [1.807, 2.05) is 24.3 Å². The third-order valence-corrected chi connectivity index (χ3v) is 4.59. The number of benzene rings is 2. The number of rotatable bonds is 4. The Morgan fingerprint density at radius 2 is 2.04 bits per heavy atom. The Kier molecular flexibility index (Phi) is 4.45. The summed E-state index contributed by atoms with van der Waals surface area (Å²) in [5, 5.41) is 2.58. The maximum Gasteiger partial charge on any atom is 0.308 e. The number of anilines is 1. The number of amides is 1. The number of aryl methyl sites for hydroxylation is 1. The van der Waals surface area contributed by atoms with Crippen LogP contribution < -0.4 is 10.2 Å². The van der Waals surface area contributed by atoms with E-state index in [9.17, 15) is 14.0 Å². The molecule has 0 unspecified atom stereocenters. The first kappa shape index (κ1) is 15.7. The predicted octanol–water partition coefficient (Wildman–Crippen LogP) is 3.88. The van der Waals surface area contributed by atoms with Crippen LogP contribution in [0.5, 0.6) is 0 Å². The fourth-order valence-corrected chi connectivity index (χ4v) is 3.33. The zero-order chi connectivity index (χ0) is 16.4. The fourth-order valence-electron chi connectivity index (χ4n) is 2.24. The van der Waals surface area contributed by atoms with Crippen molar-refractivity contribution in [2.45, 2.75) is 13.0 Å². The lowest BCUT2D eigenvalue weighted by molar-refractivity contribution is -0.116. The van der Waals surface area contributed by atoms with Crippen LogP contribution in [0, 0.1) is 5.82 Å². The molecular weight excluding hydrogens is 339 g/mol. The minimum absolute atomic E-state index is 0.0529. The Balaban J connectivity index is 1.70. The molecule has 0 atom stereocenters. The first-order chi connectivity index (χ1) is 11.0. The molecule has 118 valence electrons. The van der Waals surface area contributed by atoms with E-state index in [1.54, 1.807) is 4.57 Å². The molecule has 0 spiro atoms. The molecule has 7 heteroatoms. The molecule has 0 radical (unpaired) electrons. The summed E-state index contributed by atoms with van der Waals surface area (Å²) in [4.78, 5) is 23.9. The summed E-state index contributed by atoms with van der Waals surface area (Å²) < 4.78 is 15.6. The number of aromatic nitrogens is 1. The van der Waals surface area contributed by atoms with Gasteiger partial charge in [0.05, 0.1) is 15.2 Å². The molecule has 1 N–H and O–H groups in total. The molecule has 0 bridgehead atoms. The largest absolute Gasteiger partial charge is 0.326 e. The molecule has 0 aliphatic rings. The minimum Gasteiger partial charge on any atom is -0.326 e. The Morgan fingerprint density at radius 3 is 2.83 bits per heavy atom. The van der Waals surface area contributed by atoms with Gasteiger partial charge in [0.1, 0.15) is 5.82 Å². The van der Waals surface area contributed by atoms with E-state index in [0.717, 1.165) is 21.6 Å². The summed E-state index contributed by atoms with van der Waals surface area (Å²) >= 11 is 6.83. The first-order valence-corrected chi connectivity index (χ1v) is 8.07. The van der Waals surface area contributed by atoms with E-state index in [-0.39, 0.29) is 28.8 Å². The van der Waals surface area contributed by atoms with Crippen molar-refractivity contribution in [3.8, 4) is 0 Å². The summed E-state index contributed by atoms with van der Waals surface area (Å²) in [6.45, 7) is 0.281. The number of hydrogen-bond acceptors (Lipinski definition) is 3. The number of thiazole rings is 1. The quantitative estimate of drug-likeness (QED) is 0.776. The number of halogens is 2. The summed E-state index contributed by atoms with van der Waals surface area (Å²) in [7, 11) is 0. The number of fused-ring (bicyclic) bond motifs is 1. The number of nitrogens with zero attached hydrogens (tertiary/aromatic N) is 1. The highest BCUT2D eigenvalue weighted by Crippen LogP contribution is 2.20. The number of hydrogen-bond donors (Lipinski definition) is 1. The molecule has 4 nitrogen and oxygen atoms in total. The van der Waals surface area contributed by atoms with E-state index in [1.165, 1.54) is 18.2 Å². The van der Waals surface area contributed by atoms with Gasteiger partial charge in [0.25, 0.3) is 0 Å². The van der Waals surface area contributed by atoms with Gasteiger partial charge < -0.3 is 5.32 Å². The SMILES string of the molecule is O=C(CCn1c(=O)sc2ccccc21)Nc1ccc(F)c(Cl)c1. The summed E-state index contributed by atoms with van der Waals surface area (Å²) in [6, 6.07) is 11.4. The Labute approximate surface area is 140 Å². The Bertz CT molecular complexity index is 935. The summed E-state index contributed by atoms with van der Waals surface area (Å²) in [5.74, 6) is -0.809. The molecule has 0 saturated heterocycles. The minimum atomic E-state index is -0.541. The van der Waals surface area contributed by atoms with Gasteiger partial charge in [-0.3, -0.25) is 14.2 Å². The molecule has 23 heavy (non-hydrogen) atoms. The molecule has 1 aromatic heterocycles. The molecule has 0 aliphatic carbocycles. The molecule has 1 heterocycles. The second kappa shape index (κ2) is 6.52. The van der Waals surface area contributed by atoms with Crippen LogP contribution in [0.2, 0.25) is 5.02 Å². The molecule has 0 fully saturated rings. The number of carbonyl (C=O) groups is 1. The van der Waals surface area contributed by atoms with Gasteiger partial charge in [0, 0.05) is 18.7 Å². The van der Waals surface area contributed by atoms with Crippen molar-refractivity contribution < 1.29 is 9.18 Å². The molecule has 0 saturated carbocycles. The number of nitrogens with one attached hydrogen (secondary N) is 1. The van der Waals surface area contributed by atoms with Crippen molar-refractivity contribution in [1.29, 1.82) is 0 Å². The normalized spacial score (nSPS) is 10.9. The molecule has 0 aliphatic heterocycles. The average molecular weight is 351 g/mol. The third-order valence-electron chi connectivity index (χ3n) is 3.34. The van der Waals surface area contributed by atoms with E-state index in [2.05, 4.69) is 5.32 Å². The van der Waals surface area contributed by atoms with Crippen LogP contribution in [0.4, 0.5) is 10.1 Å². The zero-order valence-corrected chi connectivity index (χ0v) is 13.5. The van der Waals surface area contributed by atoms with Gasteiger partial charge in [0.2, 0.25) is 5.91 Å². The van der Waals surface area contributed by atoms with Crippen LogP contribution in [0.15, 0.2) is 47.3 Å². The highest BCUT2D eigenvalue weighted by atomic mass is 35.5. The number of carbonyl (C=O) groups excluding carboxylic acids is 1. The van der Waals surface area contributed by atoms with Crippen molar-refractivity contribution in [2.75, 3.05) is 5.32 Å². The number of para-hydroxylation sites is 1. The highest BCUT2D eigenvalue weighted by molar-refractivity contribution is 7.16. The van der Waals surface area contributed by atoms with E-state index in [0.29, 0.717) is 5.69 Å². The molecule has 3 rings (SSSR count). The first-order valence-electron chi connectivity index (χ1n) is 6.88. The second-order valence-corrected chi connectivity index (χ2v) is 6.31. The van der Waals surface area contributed by atoms with Crippen molar-refractivity contribution in [3.63, 3.8) is 0 Å². The van der Waals surface area contributed by atoms with Gasteiger partial charge in [-0.25, -0.2) is 4.39 Å². The monoisotopic (exact) mass is 350 g/mol. The van der Waals surface area contributed by atoms with Crippen molar-refractivity contribution in [3.05, 3.63) is 63.0 Å². The lowest BCUT2D eigenvalue weighted by Crippen LogP contribution is -2.19. The van der Waals surface area contributed by atoms with Crippen molar-refractivity contribution in [2.24, 2.45) is 0 Å². The summed E-state index contributed by atoms with van der Waals surface area (Å²) in [5.41, 5.74) is 1.24. The Morgan fingerprint density at radius 1 is 1.26 bits per heavy atom. The van der Waals surface area contributed by atoms with Gasteiger partial charge in [-0.05, 0) is 30.3 Å². The zero-order valence-electron chi connectivity index (χ0n) is 11.9. The van der Waals surface area contributed by atoms with Crippen LogP contribution in [0.25, 0.3) is 10.2 Å². The van der Waals surface area contributed by atoms with E-state index < -0.39 is 5.82 Å². The van der Waals surface area contributed by atoms with Crippen LogP contribution in [0.1, 0.15) is 6.42 Å². The molecule has 2 aromatic carbocycles. The molecular formula is C16H12ClFN2O2S. The van der Waals surface area contributed by atoms with Crippen LogP contribution in [-0.4, -0.2) is 10.5 Å². The topological polar surface area (TPSA) is 51.1 Å².